The molecule has 0 aliphatic carbocycles. The van der Waals surface area contributed by atoms with E-state index in [1.165, 1.54) is 30.5 Å². The van der Waals surface area contributed by atoms with Crippen LogP contribution in [0.15, 0.2) is 53.6 Å². The van der Waals surface area contributed by atoms with Crippen molar-refractivity contribution in [3.8, 4) is 0 Å². The molecule has 0 saturated carbocycles. The quantitative estimate of drug-likeness (QED) is 0.735. The van der Waals surface area contributed by atoms with Gasteiger partial charge in [0.05, 0.1) is 16.2 Å². The number of benzene rings is 1. The van der Waals surface area contributed by atoms with Gasteiger partial charge in [0.25, 0.3) is 5.91 Å². The van der Waals surface area contributed by atoms with E-state index in [-0.39, 0.29) is 16.5 Å². The summed E-state index contributed by atoms with van der Waals surface area (Å²) in [6.45, 7) is 2.90. The van der Waals surface area contributed by atoms with E-state index in [2.05, 4.69) is 15.6 Å². The van der Waals surface area contributed by atoms with Crippen LogP contribution in [0.2, 0.25) is 0 Å². The van der Waals surface area contributed by atoms with Crippen molar-refractivity contribution in [3.63, 3.8) is 0 Å². The largest absolute Gasteiger partial charge is 0.345 e. The summed E-state index contributed by atoms with van der Waals surface area (Å²) < 4.78 is 26.8. The van der Waals surface area contributed by atoms with Crippen molar-refractivity contribution in [2.24, 2.45) is 5.92 Å². The van der Waals surface area contributed by atoms with Crippen LogP contribution >= 0.6 is 0 Å². The van der Waals surface area contributed by atoms with Crippen molar-refractivity contribution >= 4 is 22.0 Å². The van der Waals surface area contributed by atoms with Gasteiger partial charge in [0.15, 0.2) is 9.84 Å². The number of pyridine rings is 1. The Bertz CT molecular complexity index is 930. The molecule has 8 heteroatoms. The second-order valence-electron chi connectivity index (χ2n) is 6.96. The predicted octanol–water partition coefficient (Wildman–Crippen LogP) is 1.46. The fourth-order valence-electron chi connectivity index (χ4n) is 3.55. The summed E-state index contributed by atoms with van der Waals surface area (Å²) in [5.41, 5.74) is 0.653. The molecule has 2 N–H and O–H groups in total. The van der Waals surface area contributed by atoms with Crippen molar-refractivity contribution in [1.82, 2.24) is 15.6 Å². The van der Waals surface area contributed by atoms with Gasteiger partial charge in [0.2, 0.25) is 0 Å². The van der Waals surface area contributed by atoms with Crippen LogP contribution in [0.4, 0.5) is 0 Å². The van der Waals surface area contributed by atoms with E-state index in [1.807, 2.05) is 6.92 Å². The Hall–Kier alpha value is -2.58. The molecule has 1 aliphatic heterocycles. The van der Waals surface area contributed by atoms with E-state index in [4.69, 9.17) is 0 Å². The maximum Gasteiger partial charge on any atom is 0.270 e. The topological polar surface area (TPSA) is 105 Å². The SMILES string of the molecule is CC1CCNCC(NC(=O)c2ccccn2)C1S(=O)(=O)c1ccc(C=O)cc1. The fourth-order valence-corrected chi connectivity index (χ4v) is 5.73. The predicted molar refractivity (Wildman–Crippen MR) is 105 cm³/mol. The highest BCUT2D eigenvalue weighted by atomic mass is 32.2. The molecular weight excluding hydrogens is 378 g/mol. The molecule has 3 unspecified atom stereocenters. The van der Waals surface area contributed by atoms with Crippen LogP contribution in [0.5, 0.6) is 0 Å². The van der Waals surface area contributed by atoms with Crippen LogP contribution in [0.25, 0.3) is 0 Å². The molecule has 3 atom stereocenters. The lowest BCUT2D eigenvalue weighted by atomic mass is 9.99. The molecule has 0 bridgehead atoms. The summed E-state index contributed by atoms with van der Waals surface area (Å²) in [6.07, 6.45) is 2.86. The third kappa shape index (κ3) is 4.28. The second kappa shape index (κ2) is 8.62. The highest BCUT2D eigenvalue weighted by Crippen LogP contribution is 2.28. The number of carbonyl (C=O) groups is 2. The monoisotopic (exact) mass is 401 g/mol. The Kier molecular flexibility index (Phi) is 6.21. The van der Waals surface area contributed by atoms with Crippen molar-refractivity contribution in [2.75, 3.05) is 13.1 Å². The van der Waals surface area contributed by atoms with Gasteiger partial charge in [-0.3, -0.25) is 14.6 Å². The van der Waals surface area contributed by atoms with Gasteiger partial charge in [0, 0.05) is 18.3 Å². The Morgan fingerprint density at radius 2 is 1.96 bits per heavy atom. The summed E-state index contributed by atoms with van der Waals surface area (Å²) in [6, 6.07) is 10.3. The van der Waals surface area contributed by atoms with Gasteiger partial charge in [-0.05, 0) is 43.1 Å². The molecule has 3 rings (SSSR count). The first-order chi connectivity index (χ1) is 13.4. The highest BCUT2D eigenvalue weighted by Gasteiger charge is 2.40. The zero-order chi connectivity index (χ0) is 20.1. The number of sulfone groups is 1. The fraction of sp³-hybridized carbons (Fsp3) is 0.350. The lowest BCUT2D eigenvalue weighted by Gasteiger charge is -2.29. The van der Waals surface area contributed by atoms with E-state index in [9.17, 15) is 18.0 Å². The van der Waals surface area contributed by atoms with E-state index in [0.717, 1.165) is 0 Å². The smallest absolute Gasteiger partial charge is 0.270 e. The minimum Gasteiger partial charge on any atom is -0.345 e. The summed E-state index contributed by atoms with van der Waals surface area (Å²) in [5.74, 6) is -0.571. The molecule has 28 heavy (non-hydrogen) atoms. The first kappa shape index (κ1) is 20.2. The van der Waals surface area contributed by atoms with Crippen LogP contribution in [-0.4, -0.2) is 50.0 Å². The number of nitrogens with one attached hydrogen (secondary N) is 2. The van der Waals surface area contributed by atoms with Gasteiger partial charge in [-0.25, -0.2) is 8.42 Å². The van der Waals surface area contributed by atoms with Gasteiger partial charge in [-0.2, -0.15) is 0 Å². The van der Waals surface area contributed by atoms with Crippen LogP contribution < -0.4 is 10.6 Å². The molecule has 0 spiro atoms. The molecular formula is C20H23N3O4S. The molecule has 148 valence electrons. The summed E-state index contributed by atoms with van der Waals surface area (Å²) in [5, 5.41) is 5.27. The molecule has 7 nitrogen and oxygen atoms in total. The van der Waals surface area contributed by atoms with Crippen LogP contribution in [0.3, 0.4) is 0 Å². The van der Waals surface area contributed by atoms with Crippen LogP contribution in [-0.2, 0) is 9.84 Å². The lowest BCUT2D eigenvalue weighted by molar-refractivity contribution is 0.0929. The highest BCUT2D eigenvalue weighted by molar-refractivity contribution is 7.92. The standard InChI is InChI=1S/C20H23N3O4S/c1-14-9-11-21-12-18(23-20(25)17-4-2-3-10-22-17)19(14)28(26,27)16-7-5-15(13-24)6-8-16/h2-8,10,13-14,18-19,21H,9,11-12H2,1H3,(H,23,25). The summed E-state index contributed by atoms with van der Waals surface area (Å²) in [4.78, 5) is 27.6. The average molecular weight is 401 g/mol. The summed E-state index contributed by atoms with van der Waals surface area (Å²) >= 11 is 0. The molecule has 1 saturated heterocycles. The number of aromatic nitrogens is 1. The van der Waals surface area contributed by atoms with E-state index >= 15 is 0 Å². The van der Waals surface area contributed by atoms with Crippen molar-refractivity contribution < 1.29 is 18.0 Å². The van der Waals surface area contributed by atoms with Crippen molar-refractivity contribution in [3.05, 3.63) is 59.9 Å². The van der Waals surface area contributed by atoms with E-state index in [1.54, 1.807) is 18.2 Å². The molecule has 1 aromatic heterocycles. The first-order valence-electron chi connectivity index (χ1n) is 9.15. The second-order valence-corrected chi connectivity index (χ2v) is 9.07. The molecule has 1 aromatic carbocycles. The number of carbonyl (C=O) groups excluding carboxylic acids is 2. The third-order valence-corrected chi connectivity index (χ3v) is 7.45. The minimum absolute atomic E-state index is 0.147. The molecule has 2 aromatic rings. The number of nitrogens with zero attached hydrogens (tertiary/aromatic N) is 1. The van der Waals surface area contributed by atoms with Gasteiger partial charge < -0.3 is 10.6 Å². The van der Waals surface area contributed by atoms with Crippen LogP contribution in [0, 0.1) is 5.92 Å². The van der Waals surface area contributed by atoms with Gasteiger partial charge in [-0.15, -0.1) is 0 Å². The molecule has 1 amide bonds. The van der Waals surface area contributed by atoms with Crippen molar-refractivity contribution in [1.29, 1.82) is 0 Å². The number of hydrogen-bond donors (Lipinski definition) is 2. The maximum atomic E-state index is 13.4. The Labute approximate surface area is 164 Å². The first-order valence-corrected chi connectivity index (χ1v) is 10.7. The van der Waals surface area contributed by atoms with Gasteiger partial charge in [-0.1, -0.05) is 25.1 Å². The summed E-state index contributed by atoms with van der Waals surface area (Å²) in [7, 11) is -3.73. The zero-order valence-electron chi connectivity index (χ0n) is 15.5. The number of hydrogen-bond acceptors (Lipinski definition) is 6. The van der Waals surface area contributed by atoms with Crippen molar-refractivity contribution in [2.45, 2.75) is 29.5 Å². The van der Waals surface area contributed by atoms with Gasteiger partial charge >= 0.3 is 0 Å². The maximum absolute atomic E-state index is 13.4. The molecule has 1 aliphatic rings. The Morgan fingerprint density at radius 1 is 1.21 bits per heavy atom. The third-order valence-electron chi connectivity index (χ3n) is 5.02. The van der Waals surface area contributed by atoms with Gasteiger partial charge in [0.1, 0.15) is 12.0 Å². The van der Waals surface area contributed by atoms with E-state index < -0.39 is 27.0 Å². The molecule has 0 radical (unpaired) electrons. The number of amides is 1. The average Bonchev–Trinajstić information content (AvgIpc) is 2.90. The van der Waals surface area contributed by atoms with Crippen LogP contribution in [0.1, 0.15) is 34.2 Å². The Balaban J connectivity index is 1.92. The number of aldehydes is 1. The molecule has 2 heterocycles. The van der Waals surface area contributed by atoms with E-state index in [0.29, 0.717) is 31.4 Å². The molecule has 1 fully saturated rings. The normalized spacial score (nSPS) is 22.8. The minimum atomic E-state index is -3.73. The Morgan fingerprint density at radius 3 is 2.61 bits per heavy atom. The zero-order valence-corrected chi connectivity index (χ0v) is 16.4. The number of rotatable bonds is 5. The lowest BCUT2D eigenvalue weighted by Crippen LogP contribution is -2.52.